The summed E-state index contributed by atoms with van der Waals surface area (Å²) in [4.78, 5) is 14.9. The van der Waals surface area contributed by atoms with Crippen molar-refractivity contribution in [2.45, 2.75) is 38.0 Å². The van der Waals surface area contributed by atoms with Gasteiger partial charge in [-0.3, -0.25) is 4.98 Å². The number of fused-ring (bicyclic) bond motifs is 1. The number of aromatic nitrogens is 3. The van der Waals surface area contributed by atoms with E-state index in [2.05, 4.69) is 20.3 Å². The van der Waals surface area contributed by atoms with Crippen LogP contribution in [0.5, 0.6) is 5.75 Å². The third-order valence-electron chi connectivity index (χ3n) is 6.23. The molecule has 1 saturated heterocycles. The van der Waals surface area contributed by atoms with E-state index in [1.807, 2.05) is 19.1 Å². The van der Waals surface area contributed by atoms with Crippen LogP contribution >= 0.6 is 0 Å². The van der Waals surface area contributed by atoms with Gasteiger partial charge >= 0.3 is 0 Å². The largest absolute Gasteiger partial charge is 0.486 e. The third-order valence-corrected chi connectivity index (χ3v) is 6.23. The molecule has 0 bridgehead atoms. The second-order valence-corrected chi connectivity index (χ2v) is 8.59. The highest BCUT2D eigenvalue weighted by Crippen LogP contribution is 2.38. The predicted octanol–water partition coefficient (Wildman–Crippen LogP) is 4.50. The molecule has 0 amide bonds. The molecule has 1 unspecified atom stereocenters. The first kappa shape index (κ1) is 22.4. The fraction of sp³-hybridized carbons (Fsp3) is 0.375. The summed E-state index contributed by atoms with van der Waals surface area (Å²) in [6.07, 6.45) is 5.10. The smallest absolute Gasteiger partial charge is 0.225 e. The summed E-state index contributed by atoms with van der Waals surface area (Å²) in [5, 5.41) is 3.30. The van der Waals surface area contributed by atoms with Crippen molar-refractivity contribution in [1.29, 1.82) is 0 Å². The lowest BCUT2D eigenvalue weighted by molar-refractivity contribution is 0.00794. The van der Waals surface area contributed by atoms with Gasteiger partial charge in [-0.2, -0.15) is 4.98 Å². The standard InChI is InChI=1S/C24H24F3N5O2/c1-13-7-14(5-6-28-13)20-4-3-16(11-33-20)30-24-29-10-21-23(31-24)32(2)19(12-34-21)15-8-17(25)22(27)18(26)9-15/h5-10,16,19-20H,3-4,11-12H2,1-2H3,(H,29,30,31)/t16-,19?,20+/m1/s1. The van der Waals surface area contributed by atoms with E-state index in [1.165, 1.54) is 0 Å². The van der Waals surface area contributed by atoms with Crippen LogP contribution in [-0.4, -0.2) is 41.3 Å². The summed E-state index contributed by atoms with van der Waals surface area (Å²) in [6, 6.07) is 5.47. The van der Waals surface area contributed by atoms with Crippen LogP contribution in [0.25, 0.3) is 0 Å². The van der Waals surface area contributed by atoms with Crippen molar-refractivity contribution in [3.05, 3.63) is 70.9 Å². The molecule has 1 N–H and O–H groups in total. The number of likely N-dealkylation sites (N-methyl/N-ethyl adjacent to an activating group) is 1. The predicted molar refractivity (Wildman–Crippen MR) is 119 cm³/mol. The lowest BCUT2D eigenvalue weighted by Gasteiger charge is -2.35. The van der Waals surface area contributed by atoms with Crippen LogP contribution in [0.3, 0.4) is 0 Å². The number of nitrogens with zero attached hydrogens (tertiary/aromatic N) is 4. The average Bonchev–Trinajstić information content (AvgIpc) is 2.83. The van der Waals surface area contributed by atoms with Crippen molar-refractivity contribution in [1.82, 2.24) is 15.0 Å². The minimum absolute atomic E-state index is 0.0287. The fourth-order valence-corrected chi connectivity index (χ4v) is 4.38. The maximum absolute atomic E-state index is 13.8. The van der Waals surface area contributed by atoms with Gasteiger partial charge in [-0.05, 0) is 55.2 Å². The molecule has 34 heavy (non-hydrogen) atoms. The Labute approximate surface area is 195 Å². The van der Waals surface area contributed by atoms with Gasteiger partial charge in [0.05, 0.1) is 31.0 Å². The quantitative estimate of drug-likeness (QED) is 0.562. The number of hydrogen-bond acceptors (Lipinski definition) is 7. The summed E-state index contributed by atoms with van der Waals surface area (Å²) < 4.78 is 52.7. The number of anilines is 2. The molecule has 0 aliphatic carbocycles. The number of pyridine rings is 1. The molecule has 7 nitrogen and oxygen atoms in total. The maximum Gasteiger partial charge on any atom is 0.225 e. The van der Waals surface area contributed by atoms with Gasteiger partial charge in [0, 0.05) is 18.9 Å². The van der Waals surface area contributed by atoms with Crippen molar-refractivity contribution >= 4 is 11.8 Å². The lowest BCUT2D eigenvalue weighted by Crippen LogP contribution is -2.35. The van der Waals surface area contributed by atoms with E-state index >= 15 is 0 Å². The van der Waals surface area contributed by atoms with Crippen molar-refractivity contribution in [3.8, 4) is 5.75 Å². The summed E-state index contributed by atoms with van der Waals surface area (Å²) in [6.45, 7) is 2.57. The minimum Gasteiger partial charge on any atom is -0.486 e. The Hall–Kier alpha value is -3.40. The molecule has 10 heteroatoms. The van der Waals surface area contributed by atoms with Crippen LogP contribution in [0.4, 0.5) is 24.9 Å². The molecule has 3 atom stereocenters. The molecule has 2 aliphatic heterocycles. The molecule has 3 aromatic rings. The van der Waals surface area contributed by atoms with Crippen LogP contribution < -0.4 is 15.0 Å². The van der Waals surface area contributed by atoms with E-state index in [4.69, 9.17) is 9.47 Å². The van der Waals surface area contributed by atoms with Gasteiger partial charge in [0.15, 0.2) is 29.0 Å². The van der Waals surface area contributed by atoms with E-state index in [-0.39, 0.29) is 24.3 Å². The number of aryl methyl sites for hydroxylation is 1. The highest BCUT2D eigenvalue weighted by atomic mass is 19.2. The van der Waals surface area contributed by atoms with Gasteiger partial charge in [-0.1, -0.05) is 0 Å². The van der Waals surface area contributed by atoms with E-state index in [1.54, 1.807) is 24.3 Å². The molecule has 5 rings (SSSR count). The van der Waals surface area contributed by atoms with Crippen molar-refractivity contribution < 1.29 is 22.6 Å². The summed E-state index contributed by atoms with van der Waals surface area (Å²) in [5.74, 6) is -2.64. The topological polar surface area (TPSA) is 72.4 Å². The summed E-state index contributed by atoms with van der Waals surface area (Å²) in [7, 11) is 1.74. The van der Waals surface area contributed by atoms with Crippen LogP contribution in [0.1, 0.15) is 41.8 Å². The first-order valence-electron chi connectivity index (χ1n) is 11.1. The Morgan fingerprint density at radius 2 is 1.82 bits per heavy atom. The SMILES string of the molecule is Cc1cc([C@@H]2CC[C@@H](Nc3ncc4c(n3)N(C)C(c3cc(F)c(F)c(F)c3)CO4)CO2)ccn1. The Kier molecular flexibility index (Phi) is 5.99. The average molecular weight is 471 g/mol. The Morgan fingerprint density at radius 3 is 2.53 bits per heavy atom. The van der Waals surface area contributed by atoms with Gasteiger partial charge in [0.1, 0.15) is 6.61 Å². The second kappa shape index (κ2) is 9.09. The molecule has 2 aromatic heterocycles. The van der Waals surface area contributed by atoms with Crippen LogP contribution in [0.2, 0.25) is 0 Å². The maximum atomic E-state index is 13.8. The second-order valence-electron chi connectivity index (χ2n) is 8.59. The Balaban J connectivity index is 1.28. The molecule has 0 spiro atoms. The molecular weight excluding hydrogens is 447 g/mol. The monoisotopic (exact) mass is 471 g/mol. The Bertz CT molecular complexity index is 1180. The molecule has 2 aliphatic rings. The van der Waals surface area contributed by atoms with Crippen LogP contribution in [0, 0.1) is 24.4 Å². The molecule has 4 heterocycles. The van der Waals surface area contributed by atoms with Crippen molar-refractivity contribution in [3.63, 3.8) is 0 Å². The number of halogens is 3. The number of ether oxygens (including phenoxy) is 2. The minimum atomic E-state index is -1.49. The van der Waals surface area contributed by atoms with E-state index in [9.17, 15) is 13.2 Å². The molecule has 178 valence electrons. The first-order chi connectivity index (χ1) is 16.4. The van der Waals surface area contributed by atoms with Crippen molar-refractivity contribution in [2.24, 2.45) is 0 Å². The summed E-state index contributed by atoms with van der Waals surface area (Å²) >= 11 is 0. The van der Waals surface area contributed by atoms with E-state index in [0.29, 0.717) is 24.1 Å². The molecule has 1 fully saturated rings. The normalized spacial score (nSPS) is 22.1. The third kappa shape index (κ3) is 4.37. The highest BCUT2D eigenvalue weighted by Gasteiger charge is 2.30. The van der Waals surface area contributed by atoms with E-state index < -0.39 is 23.5 Å². The zero-order valence-electron chi connectivity index (χ0n) is 18.8. The van der Waals surface area contributed by atoms with Crippen molar-refractivity contribution in [2.75, 3.05) is 30.5 Å². The molecule has 1 aromatic carbocycles. The zero-order chi connectivity index (χ0) is 23.8. The molecular formula is C24H24F3N5O2. The fourth-order valence-electron chi connectivity index (χ4n) is 4.38. The van der Waals surface area contributed by atoms with Gasteiger partial charge in [-0.25, -0.2) is 18.2 Å². The zero-order valence-corrected chi connectivity index (χ0v) is 18.8. The first-order valence-corrected chi connectivity index (χ1v) is 11.1. The number of benzene rings is 1. The van der Waals surface area contributed by atoms with E-state index in [0.717, 1.165) is 36.2 Å². The Morgan fingerprint density at radius 1 is 1.03 bits per heavy atom. The summed E-state index contributed by atoms with van der Waals surface area (Å²) in [5.41, 5.74) is 2.34. The van der Waals surface area contributed by atoms with Crippen LogP contribution in [0.15, 0.2) is 36.7 Å². The van der Waals surface area contributed by atoms with Gasteiger partial charge in [0.25, 0.3) is 0 Å². The number of rotatable bonds is 4. The molecule has 0 radical (unpaired) electrons. The van der Waals surface area contributed by atoms with Crippen LogP contribution in [-0.2, 0) is 4.74 Å². The van der Waals surface area contributed by atoms with Gasteiger partial charge in [-0.15, -0.1) is 0 Å². The highest BCUT2D eigenvalue weighted by molar-refractivity contribution is 5.57. The van der Waals surface area contributed by atoms with Gasteiger partial charge in [0.2, 0.25) is 5.95 Å². The number of nitrogens with one attached hydrogen (secondary N) is 1. The molecule has 0 saturated carbocycles. The number of hydrogen-bond donors (Lipinski definition) is 1. The lowest BCUT2D eigenvalue weighted by atomic mass is 9.99. The van der Waals surface area contributed by atoms with Gasteiger partial charge < -0.3 is 19.7 Å².